The summed E-state index contributed by atoms with van der Waals surface area (Å²) in [7, 11) is -2.99. The van der Waals surface area contributed by atoms with E-state index >= 15 is 0 Å². The molecule has 1 saturated carbocycles. The molecule has 0 amide bonds. The minimum atomic E-state index is -2.99. The molecule has 1 aromatic carbocycles. The molecule has 6 heteroatoms. The van der Waals surface area contributed by atoms with Gasteiger partial charge in [0.2, 0.25) is 0 Å². The summed E-state index contributed by atoms with van der Waals surface area (Å²) in [5.74, 6) is 0.0100. The average molecular weight is 241 g/mol. The first kappa shape index (κ1) is 11.1. The molecule has 1 aliphatic carbocycles. The maximum Gasteiger partial charge on any atom is 0.269 e. The molecule has 2 rings (SSSR count). The van der Waals surface area contributed by atoms with Gasteiger partial charge >= 0.3 is 0 Å². The van der Waals surface area contributed by atoms with Gasteiger partial charge in [-0.15, -0.1) is 0 Å². The van der Waals surface area contributed by atoms with Crippen molar-refractivity contribution in [2.24, 2.45) is 0 Å². The average Bonchev–Trinajstić information content (AvgIpc) is 2.96. The van der Waals surface area contributed by atoms with Gasteiger partial charge in [0.25, 0.3) is 5.69 Å². The first-order valence-electron chi connectivity index (χ1n) is 4.83. The number of nitro groups is 1. The van der Waals surface area contributed by atoms with E-state index in [-0.39, 0.29) is 16.9 Å². The number of hydrogen-bond donors (Lipinski definition) is 0. The summed E-state index contributed by atoms with van der Waals surface area (Å²) < 4.78 is 22.5. The fourth-order valence-corrected chi connectivity index (χ4v) is 3.15. The SMILES string of the molecule is CS(=O)(=O)[C@H]1C[C@@H]1c1ccc([N+](=O)[O-])cc1. The van der Waals surface area contributed by atoms with Crippen molar-refractivity contribution in [2.75, 3.05) is 6.26 Å². The largest absolute Gasteiger partial charge is 0.269 e. The van der Waals surface area contributed by atoms with Crippen molar-refractivity contribution in [3.8, 4) is 0 Å². The molecule has 1 aromatic rings. The number of hydrogen-bond acceptors (Lipinski definition) is 4. The Balaban J connectivity index is 2.17. The highest BCUT2D eigenvalue weighted by Crippen LogP contribution is 2.45. The summed E-state index contributed by atoms with van der Waals surface area (Å²) in [6.45, 7) is 0. The predicted octanol–water partition coefficient (Wildman–Crippen LogP) is 1.50. The number of nitro benzene ring substituents is 1. The van der Waals surface area contributed by atoms with Crippen molar-refractivity contribution >= 4 is 15.5 Å². The fourth-order valence-electron chi connectivity index (χ4n) is 1.84. The van der Waals surface area contributed by atoms with Crippen molar-refractivity contribution in [2.45, 2.75) is 17.6 Å². The van der Waals surface area contributed by atoms with E-state index in [0.29, 0.717) is 6.42 Å². The van der Waals surface area contributed by atoms with Gasteiger partial charge in [0.05, 0.1) is 10.2 Å². The fraction of sp³-hybridized carbons (Fsp3) is 0.400. The van der Waals surface area contributed by atoms with Gasteiger partial charge < -0.3 is 0 Å². The second kappa shape index (κ2) is 3.55. The molecule has 0 radical (unpaired) electrons. The molecule has 0 aliphatic heterocycles. The summed E-state index contributed by atoms with van der Waals surface area (Å²) in [4.78, 5) is 9.96. The number of rotatable bonds is 3. The van der Waals surface area contributed by atoms with Crippen molar-refractivity contribution in [3.05, 3.63) is 39.9 Å². The maximum atomic E-state index is 11.2. The first-order chi connectivity index (χ1) is 7.39. The van der Waals surface area contributed by atoms with Crippen LogP contribution in [0.1, 0.15) is 17.9 Å². The molecule has 0 N–H and O–H groups in total. The predicted molar refractivity (Wildman–Crippen MR) is 59.1 cm³/mol. The molecule has 86 valence electrons. The molecule has 0 saturated heterocycles. The summed E-state index contributed by atoms with van der Waals surface area (Å²) >= 11 is 0. The van der Waals surface area contributed by atoms with Crippen LogP contribution in [0.4, 0.5) is 5.69 Å². The lowest BCUT2D eigenvalue weighted by Gasteiger charge is -1.99. The van der Waals surface area contributed by atoms with Crippen molar-refractivity contribution < 1.29 is 13.3 Å². The zero-order valence-corrected chi connectivity index (χ0v) is 9.48. The maximum absolute atomic E-state index is 11.2. The van der Waals surface area contributed by atoms with E-state index in [4.69, 9.17) is 0 Å². The van der Waals surface area contributed by atoms with E-state index < -0.39 is 14.8 Å². The second-order valence-electron chi connectivity index (χ2n) is 4.06. The second-order valence-corrected chi connectivity index (χ2v) is 6.32. The van der Waals surface area contributed by atoms with Crippen LogP contribution < -0.4 is 0 Å². The number of non-ortho nitro benzene ring substituents is 1. The Morgan fingerprint density at radius 2 is 1.88 bits per heavy atom. The van der Waals surface area contributed by atoms with Gasteiger partial charge in [0.15, 0.2) is 9.84 Å². The van der Waals surface area contributed by atoms with Gasteiger partial charge in [-0.25, -0.2) is 8.42 Å². The third kappa shape index (κ3) is 2.06. The smallest absolute Gasteiger partial charge is 0.258 e. The third-order valence-electron chi connectivity index (χ3n) is 2.81. The topological polar surface area (TPSA) is 77.3 Å². The molecule has 0 aromatic heterocycles. The Morgan fingerprint density at radius 3 is 2.25 bits per heavy atom. The monoisotopic (exact) mass is 241 g/mol. The van der Waals surface area contributed by atoms with Crippen LogP contribution in [0.25, 0.3) is 0 Å². The summed E-state index contributed by atoms with van der Waals surface area (Å²) in [5, 5.41) is 10.1. The molecule has 16 heavy (non-hydrogen) atoms. The molecule has 5 nitrogen and oxygen atoms in total. The number of sulfone groups is 1. The molecule has 1 fully saturated rings. The molecular formula is C10H11NO4S. The summed E-state index contributed by atoms with van der Waals surface area (Å²) in [5.41, 5.74) is 0.890. The highest BCUT2D eigenvalue weighted by atomic mass is 32.2. The van der Waals surface area contributed by atoms with Gasteiger partial charge in [0.1, 0.15) is 0 Å². The standard InChI is InChI=1S/C10H11NO4S/c1-16(14,15)10-6-9(10)7-2-4-8(5-3-7)11(12)13/h2-5,9-10H,6H2,1H3/t9-,10+/m1/s1. The first-order valence-corrected chi connectivity index (χ1v) is 6.78. The van der Waals surface area contributed by atoms with Gasteiger partial charge in [-0.2, -0.15) is 0 Å². The Labute approximate surface area is 93.2 Å². The van der Waals surface area contributed by atoms with Crippen LogP contribution in [0.3, 0.4) is 0 Å². The van der Waals surface area contributed by atoms with Gasteiger partial charge in [-0.05, 0) is 12.0 Å². The third-order valence-corrected chi connectivity index (χ3v) is 4.43. The Morgan fingerprint density at radius 1 is 1.31 bits per heavy atom. The van der Waals surface area contributed by atoms with Gasteiger partial charge in [0, 0.05) is 24.3 Å². The van der Waals surface area contributed by atoms with E-state index in [1.54, 1.807) is 12.1 Å². The van der Waals surface area contributed by atoms with E-state index in [9.17, 15) is 18.5 Å². The molecule has 0 bridgehead atoms. The quantitative estimate of drug-likeness (QED) is 0.593. The van der Waals surface area contributed by atoms with Crippen LogP contribution in [-0.2, 0) is 9.84 Å². The lowest BCUT2D eigenvalue weighted by molar-refractivity contribution is -0.384. The van der Waals surface area contributed by atoms with Crippen molar-refractivity contribution in [1.29, 1.82) is 0 Å². The molecular weight excluding hydrogens is 230 g/mol. The minimum Gasteiger partial charge on any atom is -0.258 e. The minimum absolute atomic E-state index is 0.0100. The summed E-state index contributed by atoms with van der Waals surface area (Å²) in [6.07, 6.45) is 1.85. The van der Waals surface area contributed by atoms with Crippen LogP contribution in [0.2, 0.25) is 0 Å². The Bertz CT molecular complexity index is 520. The van der Waals surface area contributed by atoms with E-state index in [1.165, 1.54) is 18.4 Å². The number of nitrogens with zero attached hydrogens (tertiary/aromatic N) is 1. The normalized spacial score (nSPS) is 24.1. The molecule has 2 atom stereocenters. The lowest BCUT2D eigenvalue weighted by atomic mass is 10.1. The van der Waals surface area contributed by atoms with Crippen LogP contribution >= 0.6 is 0 Å². The van der Waals surface area contributed by atoms with Crippen molar-refractivity contribution in [3.63, 3.8) is 0 Å². The van der Waals surface area contributed by atoms with E-state index in [0.717, 1.165) is 5.56 Å². The van der Waals surface area contributed by atoms with E-state index in [2.05, 4.69) is 0 Å². The number of benzene rings is 1. The zero-order valence-electron chi connectivity index (χ0n) is 8.66. The molecule has 1 aliphatic rings. The van der Waals surface area contributed by atoms with Gasteiger partial charge in [-0.1, -0.05) is 12.1 Å². The van der Waals surface area contributed by atoms with Crippen LogP contribution in [0.15, 0.2) is 24.3 Å². The molecule has 0 heterocycles. The highest BCUT2D eigenvalue weighted by molar-refractivity contribution is 7.91. The Kier molecular flexibility index (Phi) is 2.46. The van der Waals surface area contributed by atoms with Crippen LogP contribution in [0.5, 0.6) is 0 Å². The Hall–Kier alpha value is -1.43. The summed E-state index contributed by atoms with van der Waals surface area (Å²) in [6, 6.07) is 6.09. The van der Waals surface area contributed by atoms with E-state index in [1.807, 2.05) is 0 Å². The highest BCUT2D eigenvalue weighted by Gasteiger charge is 2.45. The van der Waals surface area contributed by atoms with Crippen LogP contribution in [0, 0.1) is 10.1 Å². The van der Waals surface area contributed by atoms with Gasteiger partial charge in [-0.3, -0.25) is 10.1 Å². The zero-order chi connectivity index (χ0) is 11.9. The lowest BCUT2D eigenvalue weighted by Crippen LogP contribution is -2.05. The molecule has 0 unspecified atom stereocenters. The molecule has 0 spiro atoms. The van der Waals surface area contributed by atoms with Crippen LogP contribution in [-0.4, -0.2) is 24.8 Å². The van der Waals surface area contributed by atoms with Crippen molar-refractivity contribution in [1.82, 2.24) is 0 Å².